The second kappa shape index (κ2) is 6.36. The lowest BCUT2D eigenvalue weighted by atomic mass is 9.93. The Bertz CT molecular complexity index is 774. The lowest BCUT2D eigenvalue weighted by Crippen LogP contribution is -2.39. The quantitative estimate of drug-likeness (QED) is 0.840. The third-order valence-electron chi connectivity index (χ3n) is 5.29. The molecule has 0 N–H and O–H groups in total. The molecule has 1 aliphatic heterocycles. The molecule has 2 aliphatic rings. The molecule has 1 saturated carbocycles. The van der Waals surface area contributed by atoms with Gasteiger partial charge in [0.2, 0.25) is 0 Å². The van der Waals surface area contributed by atoms with E-state index in [1.54, 1.807) is 0 Å². The number of carbonyl (C=O) groups is 2. The average Bonchev–Trinajstić information content (AvgIpc) is 3.14. The topological polar surface area (TPSA) is 46.6 Å². The number of rotatable bonds is 3. The molecule has 128 valence electrons. The second-order valence-corrected chi connectivity index (χ2v) is 6.97. The number of amides is 1. The van der Waals surface area contributed by atoms with E-state index in [9.17, 15) is 9.59 Å². The fraction of sp³-hybridized carbons (Fsp3) is 0.333. The van der Waals surface area contributed by atoms with Crippen LogP contribution in [0.15, 0.2) is 60.7 Å². The predicted octanol–water partition coefficient (Wildman–Crippen LogP) is 4.29. The lowest BCUT2D eigenvalue weighted by molar-refractivity contribution is -0.117. The number of hydrogen-bond acceptors (Lipinski definition) is 3. The van der Waals surface area contributed by atoms with Gasteiger partial charge in [0.25, 0.3) is 0 Å². The summed E-state index contributed by atoms with van der Waals surface area (Å²) in [6.45, 7) is 2.04. The van der Waals surface area contributed by atoms with E-state index in [1.165, 1.54) is 0 Å². The first kappa shape index (κ1) is 15.9. The molecule has 4 rings (SSSR count). The van der Waals surface area contributed by atoms with Crippen molar-refractivity contribution in [3.63, 3.8) is 0 Å². The van der Waals surface area contributed by atoms with Crippen LogP contribution >= 0.6 is 0 Å². The molecule has 1 saturated heterocycles. The van der Waals surface area contributed by atoms with Crippen LogP contribution < -0.4 is 0 Å². The molecular formula is C21H21NO3. The summed E-state index contributed by atoms with van der Waals surface area (Å²) >= 11 is 0. The number of carbonyl (C=O) groups excluding carboxylic acids is 2. The molecule has 2 aromatic carbocycles. The largest absolute Gasteiger partial charge is 0.439 e. The molecule has 0 aromatic heterocycles. The fourth-order valence-corrected chi connectivity index (χ4v) is 4.10. The number of cyclic esters (lactones) is 1. The van der Waals surface area contributed by atoms with Crippen LogP contribution in [0.4, 0.5) is 4.79 Å². The van der Waals surface area contributed by atoms with Crippen LogP contribution in [0.25, 0.3) is 0 Å². The molecule has 4 nitrogen and oxygen atoms in total. The summed E-state index contributed by atoms with van der Waals surface area (Å²) in [5.41, 5.74) is 2.01. The zero-order valence-corrected chi connectivity index (χ0v) is 14.2. The molecule has 1 heterocycles. The van der Waals surface area contributed by atoms with Gasteiger partial charge in [-0.05, 0) is 17.0 Å². The van der Waals surface area contributed by atoms with Crippen molar-refractivity contribution in [3.8, 4) is 0 Å². The van der Waals surface area contributed by atoms with E-state index < -0.39 is 0 Å². The first-order chi connectivity index (χ1) is 12.1. The van der Waals surface area contributed by atoms with Crippen molar-refractivity contribution in [1.29, 1.82) is 0 Å². The zero-order chi connectivity index (χ0) is 17.4. The van der Waals surface area contributed by atoms with Gasteiger partial charge in [-0.25, -0.2) is 4.79 Å². The molecule has 1 amide bonds. The highest BCUT2D eigenvalue weighted by Gasteiger charge is 2.49. The number of ether oxygens (including phenoxy) is 1. The van der Waals surface area contributed by atoms with Crippen LogP contribution in [0.5, 0.6) is 0 Å². The van der Waals surface area contributed by atoms with Gasteiger partial charge in [-0.2, -0.15) is 0 Å². The Morgan fingerprint density at radius 3 is 2.04 bits per heavy atom. The maximum absolute atomic E-state index is 12.8. The maximum atomic E-state index is 12.8. The highest BCUT2D eigenvalue weighted by Crippen LogP contribution is 2.46. The van der Waals surface area contributed by atoms with E-state index in [0.29, 0.717) is 12.8 Å². The Morgan fingerprint density at radius 1 is 0.880 bits per heavy atom. The first-order valence-corrected chi connectivity index (χ1v) is 8.75. The predicted molar refractivity (Wildman–Crippen MR) is 93.9 cm³/mol. The van der Waals surface area contributed by atoms with Gasteiger partial charge in [-0.1, -0.05) is 67.6 Å². The summed E-state index contributed by atoms with van der Waals surface area (Å²) in [5, 5.41) is 0. The van der Waals surface area contributed by atoms with Gasteiger partial charge in [0, 0.05) is 18.9 Å². The van der Waals surface area contributed by atoms with Gasteiger partial charge < -0.3 is 4.74 Å². The van der Waals surface area contributed by atoms with Crippen molar-refractivity contribution in [2.24, 2.45) is 5.92 Å². The Hall–Kier alpha value is -2.62. The van der Waals surface area contributed by atoms with Gasteiger partial charge in [-0.15, -0.1) is 0 Å². The third-order valence-corrected chi connectivity index (χ3v) is 5.29. The van der Waals surface area contributed by atoms with Crippen LogP contribution in [0.2, 0.25) is 0 Å². The maximum Gasteiger partial charge on any atom is 0.411 e. The van der Waals surface area contributed by atoms with E-state index >= 15 is 0 Å². The van der Waals surface area contributed by atoms with Crippen molar-refractivity contribution in [2.75, 3.05) is 0 Å². The Morgan fingerprint density at radius 2 is 1.48 bits per heavy atom. The lowest BCUT2D eigenvalue weighted by Gasteiger charge is -2.32. The van der Waals surface area contributed by atoms with Crippen LogP contribution in [0.1, 0.15) is 43.0 Å². The van der Waals surface area contributed by atoms with E-state index in [-0.39, 0.29) is 36.0 Å². The van der Waals surface area contributed by atoms with Crippen molar-refractivity contribution in [3.05, 3.63) is 71.8 Å². The molecule has 2 fully saturated rings. The molecule has 0 spiro atoms. The average molecular weight is 335 g/mol. The number of ketones is 1. The first-order valence-electron chi connectivity index (χ1n) is 8.75. The molecule has 4 heteroatoms. The van der Waals surface area contributed by atoms with E-state index in [1.807, 2.05) is 72.5 Å². The standard InChI is InChI=1S/C21H21NO3/c1-14-12-17(23)13-18(14)22-19(15-8-4-2-5-9-15)20(25-21(22)24)16-10-6-3-7-11-16/h2-11,14,18-20H,12-13H2,1H3/t14-,18-,19-,20+/m0/s1. The number of hydrogen-bond donors (Lipinski definition) is 0. The number of nitrogens with zero attached hydrogens (tertiary/aromatic N) is 1. The molecule has 0 bridgehead atoms. The van der Waals surface area contributed by atoms with Gasteiger partial charge >= 0.3 is 6.09 Å². The summed E-state index contributed by atoms with van der Waals surface area (Å²) in [6, 6.07) is 19.5. The molecule has 1 aliphatic carbocycles. The smallest absolute Gasteiger partial charge is 0.411 e. The Kier molecular flexibility index (Phi) is 4.04. The molecule has 2 aromatic rings. The highest BCUT2D eigenvalue weighted by atomic mass is 16.6. The highest BCUT2D eigenvalue weighted by molar-refractivity contribution is 5.83. The normalized spacial score (nSPS) is 29.1. The number of Topliss-reactive ketones (excluding diaryl/α,β-unsaturated/α-hetero) is 1. The molecular weight excluding hydrogens is 314 g/mol. The summed E-state index contributed by atoms with van der Waals surface area (Å²) in [7, 11) is 0. The van der Waals surface area contributed by atoms with Gasteiger partial charge in [0.1, 0.15) is 11.8 Å². The van der Waals surface area contributed by atoms with Crippen molar-refractivity contribution >= 4 is 11.9 Å². The van der Waals surface area contributed by atoms with Crippen LogP contribution in [-0.2, 0) is 9.53 Å². The van der Waals surface area contributed by atoms with Gasteiger partial charge in [-0.3, -0.25) is 9.69 Å². The van der Waals surface area contributed by atoms with Crippen LogP contribution in [0, 0.1) is 5.92 Å². The number of benzene rings is 2. The minimum absolute atomic E-state index is 0.0982. The monoisotopic (exact) mass is 335 g/mol. The van der Waals surface area contributed by atoms with Gasteiger partial charge in [0.15, 0.2) is 6.10 Å². The molecule has 25 heavy (non-hydrogen) atoms. The van der Waals surface area contributed by atoms with E-state index in [4.69, 9.17) is 4.74 Å². The van der Waals surface area contributed by atoms with Crippen molar-refractivity contribution in [1.82, 2.24) is 4.90 Å². The van der Waals surface area contributed by atoms with Crippen molar-refractivity contribution in [2.45, 2.75) is 38.0 Å². The van der Waals surface area contributed by atoms with Crippen LogP contribution in [0.3, 0.4) is 0 Å². The third kappa shape index (κ3) is 2.82. The molecule has 0 unspecified atom stereocenters. The minimum Gasteiger partial charge on any atom is -0.439 e. The zero-order valence-electron chi connectivity index (χ0n) is 14.2. The van der Waals surface area contributed by atoms with Crippen LogP contribution in [-0.4, -0.2) is 22.8 Å². The summed E-state index contributed by atoms with van der Waals surface area (Å²) in [5.74, 6) is 0.376. The summed E-state index contributed by atoms with van der Waals surface area (Å²) < 4.78 is 5.80. The second-order valence-electron chi connectivity index (χ2n) is 6.97. The molecule has 4 atom stereocenters. The molecule has 0 radical (unpaired) electrons. The SMILES string of the molecule is C[C@H]1CC(=O)C[C@@H]1N1C(=O)O[C@H](c2ccccc2)[C@@H]1c1ccccc1. The van der Waals surface area contributed by atoms with Crippen molar-refractivity contribution < 1.29 is 14.3 Å². The summed E-state index contributed by atoms with van der Waals surface area (Å²) in [4.78, 5) is 26.5. The van der Waals surface area contributed by atoms with E-state index in [0.717, 1.165) is 11.1 Å². The van der Waals surface area contributed by atoms with Gasteiger partial charge in [0.05, 0.1) is 0 Å². The minimum atomic E-state index is -0.362. The van der Waals surface area contributed by atoms with E-state index in [2.05, 4.69) is 0 Å². The Balaban J connectivity index is 1.77. The Labute approximate surface area is 147 Å². The fourth-order valence-electron chi connectivity index (χ4n) is 4.10. The summed E-state index contributed by atoms with van der Waals surface area (Å²) in [6.07, 6.45) is 0.265.